The van der Waals surface area contributed by atoms with Crippen molar-refractivity contribution in [1.82, 2.24) is 20.8 Å². The Balaban J connectivity index is 1.91. The molecule has 0 amide bonds. The van der Waals surface area contributed by atoms with Crippen LogP contribution in [0.25, 0.3) is 0 Å². The molecule has 126 valence electrons. The SMILES string of the molecule is COc1ccc(C2c3c([nH]c(=O)[nH]c3=O)NC3NNC(C)C32)cc1. The first-order valence-corrected chi connectivity index (χ1v) is 7.86. The van der Waals surface area contributed by atoms with Gasteiger partial charge in [-0.2, -0.15) is 0 Å². The van der Waals surface area contributed by atoms with Gasteiger partial charge in [-0.3, -0.25) is 20.2 Å². The fraction of sp³-hybridized carbons (Fsp3) is 0.375. The third-order valence-electron chi connectivity index (χ3n) is 4.88. The Morgan fingerprint density at radius 2 is 1.79 bits per heavy atom. The molecule has 4 atom stereocenters. The zero-order valence-electron chi connectivity index (χ0n) is 13.3. The van der Waals surface area contributed by atoms with Crippen LogP contribution in [0, 0.1) is 5.92 Å². The van der Waals surface area contributed by atoms with Crippen LogP contribution in [-0.2, 0) is 0 Å². The van der Waals surface area contributed by atoms with Gasteiger partial charge in [-0.05, 0) is 24.6 Å². The fourth-order valence-corrected chi connectivity index (χ4v) is 3.77. The van der Waals surface area contributed by atoms with Crippen molar-refractivity contribution in [3.05, 3.63) is 56.2 Å². The quantitative estimate of drug-likeness (QED) is 0.533. The molecule has 8 heteroatoms. The first-order chi connectivity index (χ1) is 11.6. The van der Waals surface area contributed by atoms with Gasteiger partial charge in [-0.1, -0.05) is 12.1 Å². The summed E-state index contributed by atoms with van der Waals surface area (Å²) >= 11 is 0. The van der Waals surface area contributed by atoms with Crippen LogP contribution in [0.4, 0.5) is 5.82 Å². The summed E-state index contributed by atoms with van der Waals surface area (Å²) in [7, 11) is 1.62. The Bertz CT molecular complexity index is 873. The Morgan fingerprint density at radius 1 is 1.04 bits per heavy atom. The number of methoxy groups -OCH3 is 1. The van der Waals surface area contributed by atoms with E-state index >= 15 is 0 Å². The van der Waals surface area contributed by atoms with Gasteiger partial charge >= 0.3 is 5.69 Å². The molecule has 2 aromatic rings. The minimum absolute atomic E-state index is 0.0861. The Labute approximate surface area is 137 Å². The topological polar surface area (TPSA) is 111 Å². The molecular weight excluding hydrogens is 310 g/mol. The number of aromatic amines is 2. The van der Waals surface area contributed by atoms with E-state index in [4.69, 9.17) is 4.74 Å². The summed E-state index contributed by atoms with van der Waals surface area (Å²) in [6, 6.07) is 7.84. The van der Waals surface area contributed by atoms with Crippen LogP contribution in [0.1, 0.15) is 24.0 Å². The van der Waals surface area contributed by atoms with Gasteiger partial charge < -0.3 is 10.1 Å². The standard InChI is InChI=1S/C16H19N5O3/c1-7-10-11(8-3-5-9(24-2)6-4-8)12-13(17-14(10)21-20-7)18-16(23)19-15(12)22/h3-7,10-11,14,20-21H,1-2H3,(H3,17,18,19,22,23). The van der Waals surface area contributed by atoms with Gasteiger partial charge in [0.2, 0.25) is 0 Å². The summed E-state index contributed by atoms with van der Waals surface area (Å²) in [5.41, 5.74) is 7.08. The van der Waals surface area contributed by atoms with Crippen molar-refractivity contribution < 1.29 is 4.74 Å². The molecule has 24 heavy (non-hydrogen) atoms. The second-order valence-electron chi connectivity index (χ2n) is 6.22. The van der Waals surface area contributed by atoms with E-state index in [0.717, 1.165) is 11.3 Å². The molecule has 4 rings (SSSR count). The van der Waals surface area contributed by atoms with E-state index in [2.05, 4.69) is 33.1 Å². The molecule has 0 saturated carbocycles. The Kier molecular flexibility index (Phi) is 3.43. The highest BCUT2D eigenvalue weighted by Crippen LogP contribution is 2.42. The predicted molar refractivity (Wildman–Crippen MR) is 89.2 cm³/mol. The molecule has 0 radical (unpaired) electrons. The molecule has 0 bridgehead atoms. The molecule has 8 nitrogen and oxygen atoms in total. The third kappa shape index (κ3) is 2.22. The molecule has 0 aliphatic carbocycles. The fourth-order valence-electron chi connectivity index (χ4n) is 3.77. The lowest BCUT2D eigenvalue weighted by molar-refractivity contribution is 0.385. The van der Waals surface area contributed by atoms with Crippen LogP contribution in [0.5, 0.6) is 5.75 Å². The number of nitrogens with one attached hydrogen (secondary N) is 5. The van der Waals surface area contributed by atoms with Gasteiger partial charge in [0.25, 0.3) is 5.56 Å². The van der Waals surface area contributed by atoms with Gasteiger partial charge in [-0.15, -0.1) is 0 Å². The van der Waals surface area contributed by atoms with Crippen LogP contribution in [0.2, 0.25) is 0 Å². The maximum absolute atomic E-state index is 12.5. The number of aromatic nitrogens is 2. The highest BCUT2D eigenvalue weighted by atomic mass is 16.5. The van der Waals surface area contributed by atoms with Crippen molar-refractivity contribution in [2.24, 2.45) is 5.92 Å². The van der Waals surface area contributed by atoms with Crippen molar-refractivity contribution in [3.8, 4) is 5.75 Å². The smallest absolute Gasteiger partial charge is 0.327 e. The Morgan fingerprint density at radius 3 is 2.50 bits per heavy atom. The van der Waals surface area contributed by atoms with Gasteiger partial charge in [0.05, 0.1) is 18.8 Å². The minimum atomic E-state index is -0.516. The van der Waals surface area contributed by atoms with E-state index in [1.807, 2.05) is 24.3 Å². The van der Waals surface area contributed by atoms with Crippen LogP contribution < -0.4 is 32.2 Å². The van der Waals surface area contributed by atoms with Crippen molar-refractivity contribution in [2.45, 2.75) is 25.0 Å². The van der Waals surface area contributed by atoms with Gasteiger partial charge in [0.15, 0.2) is 0 Å². The van der Waals surface area contributed by atoms with Crippen LogP contribution in [0.15, 0.2) is 33.9 Å². The van der Waals surface area contributed by atoms with Gasteiger partial charge in [0, 0.05) is 17.9 Å². The highest BCUT2D eigenvalue weighted by molar-refractivity contribution is 5.53. The van der Waals surface area contributed by atoms with Gasteiger partial charge in [-0.25, -0.2) is 10.2 Å². The largest absolute Gasteiger partial charge is 0.497 e. The van der Waals surface area contributed by atoms with Crippen molar-refractivity contribution in [2.75, 3.05) is 12.4 Å². The van der Waals surface area contributed by atoms with E-state index < -0.39 is 5.69 Å². The number of rotatable bonds is 2. The van der Waals surface area contributed by atoms with Crippen LogP contribution in [-0.4, -0.2) is 29.3 Å². The summed E-state index contributed by atoms with van der Waals surface area (Å²) in [6.45, 7) is 2.07. The number of anilines is 1. The zero-order chi connectivity index (χ0) is 16.8. The second-order valence-corrected chi connectivity index (χ2v) is 6.22. The lowest BCUT2D eigenvalue weighted by Crippen LogP contribution is -2.47. The normalized spacial score (nSPS) is 27.9. The molecule has 1 aromatic heterocycles. The monoisotopic (exact) mass is 329 g/mol. The number of hydrogen-bond acceptors (Lipinski definition) is 6. The summed E-state index contributed by atoms with van der Waals surface area (Å²) in [5, 5.41) is 3.22. The van der Waals surface area contributed by atoms with E-state index in [1.165, 1.54) is 0 Å². The summed E-state index contributed by atoms with van der Waals surface area (Å²) < 4.78 is 5.22. The average molecular weight is 329 g/mol. The van der Waals surface area contributed by atoms with Crippen LogP contribution in [0.3, 0.4) is 0 Å². The molecule has 2 aliphatic heterocycles. The van der Waals surface area contributed by atoms with E-state index in [1.54, 1.807) is 7.11 Å². The zero-order valence-corrected chi connectivity index (χ0v) is 13.3. The number of benzene rings is 1. The van der Waals surface area contributed by atoms with Crippen LogP contribution >= 0.6 is 0 Å². The first kappa shape index (κ1) is 15.0. The van der Waals surface area contributed by atoms with Crippen molar-refractivity contribution >= 4 is 5.82 Å². The number of H-pyrrole nitrogens is 2. The highest BCUT2D eigenvalue weighted by Gasteiger charge is 2.46. The summed E-state index contributed by atoms with van der Waals surface area (Å²) in [6.07, 6.45) is -0.0861. The first-order valence-electron chi connectivity index (χ1n) is 7.86. The minimum Gasteiger partial charge on any atom is -0.497 e. The molecule has 1 saturated heterocycles. The molecule has 3 heterocycles. The molecular formula is C16H19N5O3. The van der Waals surface area contributed by atoms with Gasteiger partial charge in [0.1, 0.15) is 11.6 Å². The molecule has 4 unspecified atom stereocenters. The number of fused-ring (bicyclic) bond motifs is 2. The van der Waals surface area contributed by atoms with Crippen molar-refractivity contribution in [1.29, 1.82) is 0 Å². The maximum atomic E-state index is 12.5. The maximum Gasteiger partial charge on any atom is 0.327 e. The lowest BCUT2D eigenvalue weighted by Gasteiger charge is -2.36. The summed E-state index contributed by atoms with van der Waals surface area (Å²) in [4.78, 5) is 29.2. The van der Waals surface area contributed by atoms with E-state index in [0.29, 0.717) is 11.4 Å². The molecule has 1 fully saturated rings. The second kappa shape index (κ2) is 5.50. The predicted octanol–water partition coefficient (Wildman–Crippen LogP) is 0.0678. The number of hydrazine groups is 1. The lowest BCUT2D eigenvalue weighted by atomic mass is 9.75. The summed E-state index contributed by atoms with van der Waals surface area (Å²) in [5.74, 6) is 1.18. The third-order valence-corrected chi connectivity index (χ3v) is 4.88. The molecule has 1 aromatic carbocycles. The molecule has 2 aliphatic rings. The average Bonchev–Trinajstić information content (AvgIpc) is 2.94. The number of hydrogen-bond donors (Lipinski definition) is 5. The Hall–Kier alpha value is -2.58. The van der Waals surface area contributed by atoms with Crippen molar-refractivity contribution in [3.63, 3.8) is 0 Å². The van der Waals surface area contributed by atoms with E-state index in [-0.39, 0.29) is 29.6 Å². The molecule has 5 N–H and O–H groups in total. The van der Waals surface area contributed by atoms with E-state index in [9.17, 15) is 9.59 Å². The molecule has 0 spiro atoms. The number of ether oxygens (including phenoxy) is 1.